The monoisotopic (exact) mass is 283 g/mol. The number of rotatable bonds is 3. The Morgan fingerprint density at radius 3 is 2.35 bits per heavy atom. The minimum atomic E-state index is -1.34. The van der Waals surface area contributed by atoms with Crippen LogP contribution in [0.3, 0.4) is 0 Å². The predicted octanol–water partition coefficient (Wildman–Crippen LogP) is 2.95. The second kappa shape index (κ2) is 5.38. The van der Waals surface area contributed by atoms with E-state index in [0.29, 0.717) is 10.7 Å². The van der Waals surface area contributed by atoms with Gasteiger partial charge >= 0.3 is 0 Å². The Bertz CT molecular complexity index is 735. The molecule has 3 rings (SSSR count). The van der Waals surface area contributed by atoms with Gasteiger partial charge in [-0.1, -0.05) is 48.0 Å². The number of aryl methyl sites for hydroxylation is 1. The summed E-state index contributed by atoms with van der Waals surface area (Å²) >= 11 is 0. The molecule has 1 atom stereocenters. The van der Waals surface area contributed by atoms with Crippen LogP contribution >= 0.6 is 0 Å². The summed E-state index contributed by atoms with van der Waals surface area (Å²) in [6.07, 6.45) is 0. The quantitative estimate of drug-likeness (QED) is 0.804. The van der Waals surface area contributed by atoms with Gasteiger partial charge < -0.3 is 0 Å². The van der Waals surface area contributed by atoms with E-state index in [1.54, 1.807) is 0 Å². The second-order valence-electron chi connectivity index (χ2n) is 4.43. The van der Waals surface area contributed by atoms with Gasteiger partial charge in [-0.25, -0.2) is 4.21 Å². The molecule has 0 unspecified atom stereocenters. The second-order valence-corrected chi connectivity index (χ2v) is 5.82. The summed E-state index contributed by atoms with van der Waals surface area (Å²) in [5.74, 6) is 0. The van der Waals surface area contributed by atoms with Crippen LogP contribution in [0.1, 0.15) is 5.56 Å². The van der Waals surface area contributed by atoms with E-state index in [1.807, 2.05) is 61.5 Å². The van der Waals surface area contributed by atoms with Crippen LogP contribution in [0, 0.1) is 6.92 Å². The van der Waals surface area contributed by atoms with Crippen LogP contribution in [0.2, 0.25) is 0 Å². The molecule has 1 aromatic heterocycles. The molecular formula is C15H13N3OS. The minimum absolute atomic E-state index is 0.458. The number of aromatic nitrogens is 3. The summed E-state index contributed by atoms with van der Waals surface area (Å²) in [4.78, 5) is 0.724. The molecule has 20 heavy (non-hydrogen) atoms. The number of aromatic amines is 1. The summed E-state index contributed by atoms with van der Waals surface area (Å²) in [7, 11) is -1.34. The number of benzene rings is 2. The van der Waals surface area contributed by atoms with Crippen molar-refractivity contribution in [1.82, 2.24) is 15.4 Å². The molecule has 4 nitrogen and oxygen atoms in total. The van der Waals surface area contributed by atoms with Crippen molar-refractivity contribution >= 4 is 10.8 Å². The van der Waals surface area contributed by atoms with Gasteiger partial charge in [0.25, 0.3) is 0 Å². The Morgan fingerprint density at radius 2 is 1.65 bits per heavy atom. The first-order valence-corrected chi connectivity index (χ1v) is 7.35. The average molecular weight is 283 g/mol. The lowest BCUT2D eigenvalue weighted by molar-refractivity contribution is 0.680. The van der Waals surface area contributed by atoms with E-state index in [2.05, 4.69) is 15.4 Å². The Balaban J connectivity index is 2.02. The molecule has 0 bridgehead atoms. The van der Waals surface area contributed by atoms with Crippen molar-refractivity contribution in [2.24, 2.45) is 0 Å². The van der Waals surface area contributed by atoms with Crippen LogP contribution in [-0.2, 0) is 10.8 Å². The highest BCUT2D eigenvalue weighted by Crippen LogP contribution is 2.25. The van der Waals surface area contributed by atoms with Crippen LogP contribution in [0.15, 0.2) is 64.5 Å². The normalized spacial score (nSPS) is 12.2. The third-order valence-electron chi connectivity index (χ3n) is 2.97. The molecule has 0 radical (unpaired) electrons. The molecule has 0 aliphatic carbocycles. The summed E-state index contributed by atoms with van der Waals surface area (Å²) in [6.45, 7) is 2.00. The van der Waals surface area contributed by atoms with Gasteiger partial charge in [0.05, 0.1) is 0 Å². The molecule has 1 heterocycles. The highest BCUT2D eigenvalue weighted by molar-refractivity contribution is 7.85. The molecule has 0 spiro atoms. The van der Waals surface area contributed by atoms with Crippen LogP contribution in [0.4, 0.5) is 0 Å². The van der Waals surface area contributed by atoms with E-state index in [1.165, 1.54) is 0 Å². The topological polar surface area (TPSA) is 58.6 Å². The number of nitrogens with zero attached hydrogens (tertiary/aromatic N) is 2. The van der Waals surface area contributed by atoms with Crippen LogP contribution < -0.4 is 0 Å². The number of nitrogens with one attached hydrogen (secondary N) is 1. The molecule has 3 aromatic rings. The van der Waals surface area contributed by atoms with Crippen molar-refractivity contribution < 1.29 is 4.21 Å². The molecule has 100 valence electrons. The highest BCUT2D eigenvalue weighted by Gasteiger charge is 2.17. The zero-order chi connectivity index (χ0) is 13.9. The molecule has 0 saturated carbocycles. The first kappa shape index (κ1) is 12.7. The SMILES string of the molecule is Cc1ccc([S@](=O)c2n[nH]nc2-c2ccccc2)cc1. The van der Waals surface area contributed by atoms with Crippen molar-refractivity contribution in [1.29, 1.82) is 0 Å². The maximum absolute atomic E-state index is 12.6. The van der Waals surface area contributed by atoms with E-state index < -0.39 is 10.8 Å². The molecule has 0 amide bonds. The van der Waals surface area contributed by atoms with Gasteiger partial charge in [0.15, 0.2) is 5.03 Å². The van der Waals surface area contributed by atoms with Crippen molar-refractivity contribution in [3.8, 4) is 11.3 Å². The number of hydrogen-bond donors (Lipinski definition) is 1. The fraction of sp³-hybridized carbons (Fsp3) is 0.0667. The molecule has 0 saturated heterocycles. The first-order chi connectivity index (χ1) is 9.75. The molecule has 0 aliphatic rings. The zero-order valence-electron chi connectivity index (χ0n) is 10.9. The van der Waals surface area contributed by atoms with E-state index in [4.69, 9.17) is 0 Å². The summed E-state index contributed by atoms with van der Waals surface area (Å²) in [5, 5.41) is 11.2. The van der Waals surface area contributed by atoms with Gasteiger partial charge in [0.2, 0.25) is 0 Å². The lowest BCUT2D eigenvalue weighted by Gasteiger charge is -2.02. The van der Waals surface area contributed by atoms with Crippen LogP contribution in [0.5, 0.6) is 0 Å². The van der Waals surface area contributed by atoms with E-state index >= 15 is 0 Å². The van der Waals surface area contributed by atoms with Crippen LogP contribution in [-0.4, -0.2) is 19.6 Å². The number of H-pyrrole nitrogens is 1. The molecule has 2 aromatic carbocycles. The van der Waals surface area contributed by atoms with Gasteiger partial charge in [0, 0.05) is 10.5 Å². The van der Waals surface area contributed by atoms with Crippen LogP contribution in [0.25, 0.3) is 11.3 Å². The minimum Gasteiger partial charge on any atom is -0.247 e. The standard InChI is InChI=1S/C15H13N3OS/c1-11-7-9-13(10-8-11)20(19)15-14(16-18-17-15)12-5-3-2-4-6-12/h2-10H,1H3,(H,16,17,18)/t20-/m0/s1. The fourth-order valence-electron chi connectivity index (χ4n) is 1.91. The van der Waals surface area contributed by atoms with Gasteiger partial charge in [-0.05, 0) is 19.1 Å². The smallest absolute Gasteiger partial charge is 0.182 e. The largest absolute Gasteiger partial charge is 0.247 e. The third-order valence-corrected chi connectivity index (χ3v) is 4.31. The summed E-state index contributed by atoms with van der Waals surface area (Å²) in [6, 6.07) is 17.2. The zero-order valence-corrected chi connectivity index (χ0v) is 11.7. The third kappa shape index (κ3) is 2.40. The van der Waals surface area contributed by atoms with Gasteiger partial charge in [-0.15, -0.1) is 5.10 Å². The Kier molecular flexibility index (Phi) is 3.43. The van der Waals surface area contributed by atoms with Gasteiger partial charge in [0.1, 0.15) is 16.5 Å². The van der Waals surface area contributed by atoms with Crippen molar-refractivity contribution in [3.05, 3.63) is 60.2 Å². The van der Waals surface area contributed by atoms with Gasteiger partial charge in [-0.3, -0.25) is 0 Å². The molecule has 0 aliphatic heterocycles. The van der Waals surface area contributed by atoms with Gasteiger partial charge in [-0.2, -0.15) is 10.3 Å². The van der Waals surface area contributed by atoms with E-state index in [0.717, 1.165) is 16.0 Å². The molecular weight excluding hydrogens is 270 g/mol. The lowest BCUT2D eigenvalue weighted by atomic mass is 10.2. The Labute approximate surface area is 119 Å². The lowest BCUT2D eigenvalue weighted by Crippen LogP contribution is -1.96. The first-order valence-electron chi connectivity index (χ1n) is 6.20. The fourth-order valence-corrected chi connectivity index (χ4v) is 2.98. The van der Waals surface area contributed by atoms with Crippen molar-refractivity contribution in [3.63, 3.8) is 0 Å². The molecule has 0 fully saturated rings. The number of hydrogen-bond acceptors (Lipinski definition) is 3. The molecule has 5 heteroatoms. The maximum Gasteiger partial charge on any atom is 0.182 e. The summed E-state index contributed by atoms with van der Waals surface area (Å²) in [5.41, 5.74) is 2.66. The Hall–Kier alpha value is -2.27. The Morgan fingerprint density at radius 1 is 0.950 bits per heavy atom. The highest BCUT2D eigenvalue weighted by atomic mass is 32.2. The average Bonchev–Trinajstić information content (AvgIpc) is 2.97. The van der Waals surface area contributed by atoms with E-state index in [9.17, 15) is 4.21 Å². The summed E-state index contributed by atoms with van der Waals surface area (Å²) < 4.78 is 12.6. The predicted molar refractivity (Wildman–Crippen MR) is 77.7 cm³/mol. The van der Waals surface area contributed by atoms with Crippen molar-refractivity contribution in [2.45, 2.75) is 16.8 Å². The molecule has 1 N–H and O–H groups in total. The van der Waals surface area contributed by atoms with Crippen molar-refractivity contribution in [2.75, 3.05) is 0 Å². The van der Waals surface area contributed by atoms with E-state index in [-0.39, 0.29) is 0 Å². The maximum atomic E-state index is 12.6.